The van der Waals surface area contributed by atoms with Crippen molar-refractivity contribution in [1.29, 1.82) is 0 Å². The molecule has 0 spiro atoms. The minimum absolute atomic E-state index is 0.0444. The highest BCUT2D eigenvalue weighted by Crippen LogP contribution is 2.22. The summed E-state index contributed by atoms with van der Waals surface area (Å²) in [5.74, 6) is 5.58. The van der Waals surface area contributed by atoms with Crippen molar-refractivity contribution in [3.05, 3.63) is 34.3 Å². The highest BCUT2D eigenvalue weighted by molar-refractivity contribution is 6.32. The molecule has 0 saturated heterocycles. The van der Waals surface area contributed by atoms with Crippen LogP contribution in [0.5, 0.6) is 0 Å². The Bertz CT molecular complexity index is 555. The lowest BCUT2D eigenvalue weighted by atomic mass is 9.98. The molecule has 0 radical (unpaired) electrons. The van der Waals surface area contributed by atoms with Gasteiger partial charge < -0.3 is 10.6 Å². The highest BCUT2D eigenvalue weighted by atomic mass is 35.5. The molecule has 0 saturated carbocycles. The van der Waals surface area contributed by atoms with Crippen LogP contribution >= 0.6 is 11.6 Å². The van der Waals surface area contributed by atoms with Gasteiger partial charge in [-0.15, -0.1) is 0 Å². The van der Waals surface area contributed by atoms with Gasteiger partial charge in [0, 0.05) is 23.7 Å². The molecule has 0 fully saturated rings. The predicted molar refractivity (Wildman–Crippen MR) is 83.8 cm³/mol. The molecule has 2 N–H and O–H groups in total. The lowest BCUT2D eigenvalue weighted by Gasteiger charge is -2.35. The van der Waals surface area contributed by atoms with Crippen LogP contribution in [0.3, 0.4) is 0 Å². The minimum Gasteiger partial charge on any atom is -0.337 e. The zero-order valence-electron chi connectivity index (χ0n) is 12.5. The number of nitrogens with zero attached hydrogens (tertiary/aromatic N) is 1. The van der Waals surface area contributed by atoms with E-state index in [2.05, 4.69) is 18.8 Å². The maximum Gasteiger partial charge on any atom is 0.254 e. The van der Waals surface area contributed by atoms with E-state index >= 15 is 0 Å². The van der Waals surface area contributed by atoms with E-state index in [1.165, 1.54) is 0 Å². The Morgan fingerprint density at radius 2 is 2.10 bits per heavy atom. The molecule has 4 heteroatoms. The summed E-state index contributed by atoms with van der Waals surface area (Å²) in [7, 11) is 1.81. The van der Waals surface area contributed by atoms with Crippen molar-refractivity contribution in [2.24, 2.45) is 5.73 Å². The van der Waals surface area contributed by atoms with Crippen molar-refractivity contribution in [2.75, 3.05) is 13.6 Å². The van der Waals surface area contributed by atoms with Gasteiger partial charge in [-0.1, -0.05) is 30.4 Å². The first-order valence-electron chi connectivity index (χ1n) is 6.60. The molecular formula is C16H21ClN2O. The number of benzene rings is 1. The van der Waals surface area contributed by atoms with Crippen molar-refractivity contribution in [3.8, 4) is 11.8 Å². The molecule has 1 amide bonds. The fourth-order valence-corrected chi connectivity index (χ4v) is 1.83. The Balaban J connectivity index is 3.04. The van der Waals surface area contributed by atoms with Crippen LogP contribution in [0.4, 0.5) is 0 Å². The Labute approximate surface area is 126 Å². The van der Waals surface area contributed by atoms with Crippen molar-refractivity contribution >= 4 is 17.5 Å². The molecule has 0 atom stereocenters. The van der Waals surface area contributed by atoms with Crippen molar-refractivity contribution in [3.63, 3.8) is 0 Å². The minimum atomic E-state index is -0.193. The molecule has 0 aromatic heterocycles. The van der Waals surface area contributed by atoms with Gasteiger partial charge in [0.15, 0.2) is 0 Å². The van der Waals surface area contributed by atoms with Gasteiger partial charge in [-0.05, 0) is 38.5 Å². The maximum absolute atomic E-state index is 12.4. The van der Waals surface area contributed by atoms with E-state index in [-0.39, 0.29) is 18.0 Å². The van der Waals surface area contributed by atoms with Gasteiger partial charge in [-0.3, -0.25) is 4.79 Å². The second-order valence-electron chi connectivity index (χ2n) is 5.23. The molecule has 1 rings (SSSR count). The van der Waals surface area contributed by atoms with Gasteiger partial charge in [-0.2, -0.15) is 0 Å². The average molecular weight is 293 g/mol. The van der Waals surface area contributed by atoms with Crippen LogP contribution in [-0.4, -0.2) is 29.9 Å². The number of rotatable bonds is 3. The van der Waals surface area contributed by atoms with Crippen LogP contribution < -0.4 is 5.73 Å². The summed E-state index contributed by atoms with van der Waals surface area (Å²) in [5.41, 5.74) is 6.39. The molecule has 1 aromatic carbocycles. The zero-order chi connectivity index (χ0) is 15.3. The topological polar surface area (TPSA) is 46.3 Å². The quantitative estimate of drug-likeness (QED) is 0.871. The van der Waals surface area contributed by atoms with Gasteiger partial charge in [0.25, 0.3) is 5.91 Å². The van der Waals surface area contributed by atoms with Gasteiger partial charge in [0.1, 0.15) is 0 Å². The van der Waals surface area contributed by atoms with Crippen LogP contribution in [0.1, 0.15) is 43.1 Å². The van der Waals surface area contributed by atoms with Gasteiger partial charge in [-0.25, -0.2) is 0 Å². The standard InChI is InChI=1S/C16H21ClN2O/c1-5-16(2,3)19(4)15(20)13-9-8-12(7-6-10-18)14(17)11-13/h8-9,11H,5,10,18H2,1-4H3. The Morgan fingerprint density at radius 3 is 2.60 bits per heavy atom. The molecule has 108 valence electrons. The first kappa shape index (κ1) is 16.6. The molecule has 3 nitrogen and oxygen atoms in total. The molecule has 0 bridgehead atoms. The van der Waals surface area contributed by atoms with E-state index in [1.807, 2.05) is 20.9 Å². The summed E-state index contributed by atoms with van der Waals surface area (Å²) in [6.07, 6.45) is 0.878. The number of nitrogens with two attached hydrogens (primary N) is 1. The van der Waals surface area contributed by atoms with E-state index in [9.17, 15) is 4.79 Å². The Morgan fingerprint density at radius 1 is 1.45 bits per heavy atom. The molecular weight excluding hydrogens is 272 g/mol. The third kappa shape index (κ3) is 3.75. The van der Waals surface area contributed by atoms with Gasteiger partial charge in [0.05, 0.1) is 11.6 Å². The van der Waals surface area contributed by atoms with Crippen LogP contribution in [0.2, 0.25) is 5.02 Å². The molecule has 20 heavy (non-hydrogen) atoms. The van der Waals surface area contributed by atoms with Gasteiger partial charge >= 0.3 is 0 Å². The van der Waals surface area contributed by atoms with Crippen molar-refractivity contribution in [2.45, 2.75) is 32.7 Å². The van der Waals surface area contributed by atoms with Crippen LogP contribution in [0, 0.1) is 11.8 Å². The van der Waals surface area contributed by atoms with E-state index in [0.29, 0.717) is 16.1 Å². The molecule has 0 heterocycles. The second-order valence-corrected chi connectivity index (χ2v) is 5.64. The highest BCUT2D eigenvalue weighted by Gasteiger charge is 2.26. The average Bonchev–Trinajstić information content (AvgIpc) is 2.44. The fourth-order valence-electron chi connectivity index (χ4n) is 1.60. The van der Waals surface area contributed by atoms with E-state index in [4.69, 9.17) is 17.3 Å². The number of carbonyl (C=O) groups is 1. The third-order valence-electron chi connectivity index (χ3n) is 3.62. The van der Waals surface area contributed by atoms with Crippen molar-refractivity contribution < 1.29 is 4.79 Å². The van der Waals surface area contributed by atoms with E-state index in [1.54, 1.807) is 23.1 Å². The lowest BCUT2D eigenvalue weighted by molar-refractivity contribution is 0.0620. The van der Waals surface area contributed by atoms with Crippen LogP contribution in [0.15, 0.2) is 18.2 Å². The molecule has 1 aromatic rings. The normalized spacial score (nSPS) is 10.7. The molecule has 0 aliphatic carbocycles. The number of hydrogen-bond donors (Lipinski definition) is 1. The number of amides is 1. The van der Waals surface area contributed by atoms with E-state index in [0.717, 1.165) is 6.42 Å². The summed E-state index contributed by atoms with van der Waals surface area (Å²) in [5, 5.41) is 0.472. The molecule has 0 aliphatic rings. The lowest BCUT2D eigenvalue weighted by Crippen LogP contribution is -2.44. The number of carbonyl (C=O) groups excluding carboxylic acids is 1. The molecule has 0 unspecified atom stereocenters. The Hall–Kier alpha value is -1.50. The summed E-state index contributed by atoms with van der Waals surface area (Å²) < 4.78 is 0. The SMILES string of the molecule is CCC(C)(C)N(C)C(=O)c1ccc(C#CCN)c(Cl)c1. The van der Waals surface area contributed by atoms with Crippen LogP contribution in [0.25, 0.3) is 0 Å². The van der Waals surface area contributed by atoms with Crippen molar-refractivity contribution in [1.82, 2.24) is 4.90 Å². The summed E-state index contributed by atoms with van der Waals surface area (Å²) in [6.45, 7) is 6.41. The van der Waals surface area contributed by atoms with Gasteiger partial charge in [0.2, 0.25) is 0 Å². The van der Waals surface area contributed by atoms with E-state index < -0.39 is 0 Å². The first-order valence-corrected chi connectivity index (χ1v) is 6.98. The monoisotopic (exact) mass is 292 g/mol. The zero-order valence-corrected chi connectivity index (χ0v) is 13.2. The largest absolute Gasteiger partial charge is 0.337 e. The number of halogens is 1. The maximum atomic E-state index is 12.4. The molecule has 0 aliphatic heterocycles. The summed E-state index contributed by atoms with van der Waals surface area (Å²) in [6, 6.07) is 5.16. The smallest absolute Gasteiger partial charge is 0.254 e. The summed E-state index contributed by atoms with van der Waals surface area (Å²) in [4.78, 5) is 14.2. The first-order chi connectivity index (χ1) is 9.33. The Kier molecular flexibility index (Phi) is 5.62. The second kappa shape index (κ2) is 6.78. The predicted octanol–water partition coefficient (Wildman–Crippen LogP) is 2.91. The number of hydrogen-bond acceptors (Lipinski definition) is 2. The third-order valence-corrected chi connectivity index (χ3v) is 3.93. The van der Waals surface area contributed by atoms with Crippen LogP contribution in [-0.2, 0) is 0 Å². The summed E-state index contributed by atoms with van der Waals surface area (Å²) >= 11 is 6.15. The fraction of sp³-hybridized carbons (Fsp3) is 0.438.